The number of carbonyl (C=O) groups is 1. The normalized spacial score (nSPS) is 16.5. The molecule has 2 aliphatic heterocycles. The van der Waals surface area contributed by atoms with Crippen LogP contribution < -0.4 is 10.2 Å². The van der Waals surface area contributed by atoms with Crippen molar-refractivity contribution in [3.05, 3.63) is 72.1 Å². The molecule has 8 heteroatoms. The van der Waals surface area contributed by atoms with E-state index in [1.165, 1.54) is 0 Å². The van der Waals surface area contributed by atoms with Crippen molar-refractivity contribution in [3.8, 4) is 16.8 Å². The van der Waals surface area contributed by atoms with E-state index in [2.05, 4.69) is 39.5 Å². The lowest BCUT2D eigenvalue weighted by Gasteiger charge is -2.29. The number of aromatic nitrogens is 3. The van der Waals surface area contributed by atoms with Gasteiger partial charge < -0.3 is 20.1 Å². The van der Waals surface area contributed by atoms with Crippen LogP contribution in [-0.4, -0.2) is 65.2 Å². The molecule has 34 heavy (non-hydrogen) atoms. The topological polar surface area (TPSA) is 92.5 Å². The molecule has 8 nitrogen and oxygen atoms in total. The van der Waals surface area contributed by atoms with Gasteiger partial charge in [0.05, 0.1) is 30.0 Å². The van der Waals surface area contributed by atoms with Crippen molar-refractivity contribution in [3.63, 3.8) is 0 Å². The minimum Gasteiger partial charge on any atom is -0.477 e. The molecule has 4 aromatic rings. The Morgan fingerprint density at radius 2 is 1.74 bits per heavy atom. The van der Waals surface area contributed by atoms with Crippen LogP contribution in [-0.2, 0) is 4.74 Å². The summed E-state index contributed by atoms with van der Waals surface area (Å²) in [6, 6.07) is 19.8. The van der Waals surface area contributed by atoms with Crippen LogP contribution >= 0.6 is 0 Å². The summed E-state index contributed by atoms with van der Waals surface area (Å²) in [6.07, 6.45) is 0. The average Bonchev–Trinajstić information content (AvgIpc) is 3.23. The van der Waals surface area contributed by atoms with Crippen molar-refractivity contribution in [1.82, 2.24) is 20.1 Å². The molecule has 6 rings (SSSR count). The number of ether oxygens (including phenoxy) is 1. The van der Waals surface area contributed by atoms with Crippen molar-refractivity contribution in [1.29, 1.82) is 0 Å². The molecule has 0 bridgehead atoms. The number of hydrogen-bond donors (Lipinski definition) is 2. The number of aromatic carboxylic acids is 1. The predicted octanol–water partition coefficient (Wildman–Crippen LogP) is 3.31. The van der Waals surface area contributed by atoms with E-state index in [1.54, 1.807) is 10.7 Å². The fourth-order valence-electron chi connectivity index (χ4n) is 4.67. The number of para-hydroxylation sites is 1. The first-order valence-electron chi connectivity index (χ1n) is 11.6. The van der Waals surface area contributed by atoms with Crippen LogP contribution in [0.1, 0.15) is 22.1 Å². The lowest BCUT2D eigenvalue weighted by Crippen LogP contribution is -2.40. The van der Waals surface area contributed by atoms with E-state index in [9.17, 15) is 9.90 Å². The Labute approximate surface area is 196 Å². The summed E-state index contributed by atoms with van der Waals surface area (Å²) in [7, 11) is 0. The first-order chi connectivity index (χ1) is 16.7. The van der Waals surface area contributed by atoms with Crippen LogP contribution in [0.3, 0.4) is 0 Å². The van der Waals surface area contributed by atoms with Crippen LogP contribution in [0.2, 0.25) is 0 Å². The van der Waals surface area contributed by atoms with Crippen molar-refractivity contribution >= 4 is 22.7 Å². The van der Waals surface area contributed by atoms with Gasteiger partial charge in [-0.05, 0) is 41.5 Å². The van der Waals surface area contributed by atoms with Crippen molar-refractivity contribution in [2.75, 3.05) is 44.3 Å². The van der Waals surface area contributed by atoms with Crippen molar-refractivity contribution in [2.24, 2.45) is 0 Å². The fraction of sp³-hybridized carbons (Fsp3) is 0.269. The zero-order valence-corrected chi connectivity index (χ0v) is 18.6. The van der Waals surface area contributed by atoms with Gasteiger partial charge in [-0.1, -0.05) is 30.3 Å². The van der Waals surface area contributed by atoms with Gasteiger partial charge in [0.15, 0.2) is 11.3 Å². The SMILES string of the molecule is O=C(O)c1cc(-c2ccc(N3CCOCC3)cc2)c2c(C3CNC3)nn(-c3ccccc3)c2n1. The van der Waals surface area contributed by atoms with Gasteiger partial charge in [0, 0.05) is 37.8 Å². The molecule has 2 aromatic heterocycles. The average molecular weight is 456 g/mol. The fourth-order valence-corrected chi connectivity index (χ4v) is 4.67. The molecule has 0 atom stereocenters. The smallest absolute Gasteiger partial charge is 0.354 e. The number of nitrogens with one attached hydrogen (secondary N) is 1. The monoisotopic (exact) mass is 455 g/mol. The van der Waals surface area contributed by atoms with Gasteiger partial charge in [0.2, 0.25) is 0 Å². The lowest BCUT2D eigenvalue weighted by atomic mass is 9.92. The summed E-state index contributed by atoms with van der Waals surface area (Å²) >= 11 is 0. The van der Waals surface area contributed by atoms with Gasteiger partial charge in [-0.2, -0.15) is 5.10 Å². The standard InChI is InChI=1S/C26H25N5O3/c32-26(33)22-14-21(17-6-8-19(9-7-17)30-10-12-34-13-11-30)23-24(18-15-27-16-18)29-31(25(23)28-22)20-4-2-1-3-5-20/h1-9,14,18,27H,10-13,15-16H2,(H,32,33). The summed E-state index contributed by atoms with van der Waals surface area (Å²) in [6.45, 7) is 4.88. The van der Waals surface area contributed by atoms with E-state index in [4.69, 9.17) is 9.84 Å². The van der Waals surface area contributed by atoms with Crippen LogP contribution in [0.5, 0.6) is 0 Å². The van der Waals surface area contributed by atoms with Crippen LogP contribution in [0.15, 0.2) is 60.7 Å². The number of benzene rings is 2. The highest BCUT2D eigenvalue weighted by Gasteiger charge is 2.29. The molecule has 2 aromatic carbocycles. The van der Waals surface area contributed by atoms with E-state index in [-0.39, 0.29) is 11.6 Å². The number of rotatable bonds is 5. The third-order valence-electron chi connectivity index (χ3n) is 6.61. The molecule has 4 heterocycles. The Morgan fingerprint density at radius 3 is 2.38 bits per heavy atom. The quantitative estimate of drug-likeness (QED) is 0.477. The first kappa shape index (κ1) is 20.8. The summed E-state index contributed by atoms with van der Waals surface area (Å²) < 4.78 is 7.25. The van der Waals surface area contributed by atoms with Gasteiger partial charge >= 0.3 is 5.97 Å². The minimum absolute atomic E-state index is 0.00937. The highest BCUT2D eigenvalue weighted by Crippen LogP contribution is 2.37. The van der Waals surface area contributed by atoms with Crippen molar-refractivity contribution in [2.45, 2.75) is 5.92 Å². The maximum absolute atomic E-state index is 12.0. The Hall–Kier alpha value is -3.75. The van der Waals surface area contributed by atoms with Gasteiger partial charge in [-0.25, -0.2) is 14.5 Å². The van der Waals surface area contributed by atoms with Crippen LogP contribution in [0.4, 0.5) is 5.69 Å². The van der Waals surface area contributed by atoms with Gasteiger partial charge in [0.1, 0.15) is 0 Å². The molecule has 0 radical (unpaired) electrons. The van der Waals surface area contributed by atoms with E-state index in [0.29, 0.717) is 5.65 Å². The molecule has 0 spiro atoms. The molecule has 0 amide bonds. The Kier molecular flexibility index (Phi) is 5.24. The predicted molar refractivity (Wildman–Crippen MR) is 130 cm³/mol. The molecule has 0 unspecified atom stereocenters. The third kappa shape index (κ3) is 3.61. The molecule has 2 saturated heterocycles. The molecule has 2 N–H and O–H groups in total. The second-order valence-corrected chi connectivity index (χ2v) is 8.69. The highest BCUT2D eigenvalue weighted by molar-refractivity contribution is 6.00. The van der Waals surface area contributed by atoms with E-state index in [1.807, 2.05) is 30.3 Å². The molecular formula is C26H25N5O3. The molecule has 0 saturated carbocycles. The molecular weight excluding hydrogens is 430 g/mol. The zero-order valence-electron chi connectivity index (χ0n) is 18.6. The Morgan fingerprint density at radius 1 is 1.00 bits per heavy atom. The van der Waals surface area contributed by atoms with E-state index in [0.717, 1.165) is 73.0 Å². The van der Waals surface area contributed by atoms with Gasteiger partial charge in [0.25, 0.3) is 0 Å². The zero-order chi connectivity index (χ0) is 23.1. The summed E-state index contributed by atoms with van der Waals surface area (Å²) in [4.78, 5) is 18.9. The molecule has 0 aliphatic carbocycles. The molecule has 2 aliphatic rings. The number of pyridine rings is 1. The number of fused-ring (bicyclic) bond motifs is 1. The molecule has 2 fully saturated rings. The Bertz CT molecular complexity index is 1340. The van der Waals surface area contributed by atoms with Gasteiger partial charge in [-0.3, -0.25) is 0 Å². The number of nitrogens with zero attached hydrogens (tertiary/aromatic N) is 4. The van der Waals surface area contributed by atoms with E-state index < -0.39 is 5.97 Å². The maximum Gasteiger partial charge on any atom is 0.354 e. The number of hydrogen-bond acceptors (Lipinski definition) is 6. The third-order valence-corrected chi connectivity index (χ3v) is 6.61. The second-order valence-electron chi connectivity index (χ2n) is 8.69. The summed E-state index contributed by atoms with van der Waals surface area (Å²) in [5, 5.41) is 19.0. The summed E-state index contributed by atoms with van der Waals surface area (Å²) in [5.41, 5.74) is 5.33. The lowest BCUT2D eigenvalue weighted by molar-refractivity contribution is 0.0691. The van der Waals surface area contributed by atoms with Gasteiger partial charge in [-0.15, -0.1) is 0 Å². The number of carboxylic acids is 1. The number of anilines is 1. The van der Waals surface area contributed by atoms with E-state index >= 15 is 0 Å². The maximum atomic E-state index is 12.0. The molecule has 172 valence electrons. The van der Waals surface area contributed by atoms with Crippen LogP contribution in [0, 0.1) is 0 Å². The Balaban J connectivity index is 1.54. The van der Waals surface area contributed by atoms with Crippen molar-refractivity contribution < 1.29 is 14.6 Å². The number of carboxylic acid groups (broad SMARTS) is 1. The second kappa shape index (κ2) is 8.55. The van der Waals surface area contributed by atoms with Crippen LogP contribution in [0.25, 0.3) is 27.8 Å². The number of morpholine rings is 1. The summed E-state index contributed by atoms with van der Waals surface area (Å²) in [5.74, 6) is -0.794. The highest BCUT2D eigenvalue weighted by atomic mass is 16.5. The largest absolute Gasteiger partial charge is 0.477 e. The first-order valence-corrected chi connectivity index (χ1v) is 11.6. The minimum atomic E-state index is -1.05.